The van der Waals surface area contributed by atoms with Crippen LogP contribution in [0.3, 0.4) is 0 Å². The lowest BCUT2D eigenvalue weighted by Gasteiger charge is -2.28. The molecule has 3 fully saturated rings. The Labute approximate surface area is 178 Å². The normalized spacial score (nSPS) is 21.9. The number of hydrogen-bond acceptors (Lipinski definition) is 4. The molecule has 1 spiro atoms. The average Bonchev–Trinajstić information content (AvgIpc) is 3.48. The summed E-state index contributed by atoms with van der Waals surface area (Å²) in [5.74, 6) is -0.138. The van der Waals surface area contributed by atoms with Crippen LogP contribution in [-0.4, -0.2) is 59.4 Å². The lowest BCUT2D eigenvalue weighted by molar-refractivity contribution is -0.131. The standard InChI is InChI=1S/C23H32N4O3/c28-20(11-8-16-27-21(29)23(25-22(27)30)12-4-5-13-23)24-17-19(26-14-6-7-15-26)18-9-2-1-3-10-18/h1-3,9-10,19H,4-8,11-17H2,(H,24,28)(H,25,30)/t19-/m1/s1. The minimum atomic E-state index is -0.669. The molecule has 1 atom stereocenters. The summed E-state index contributed by atoms with van der Waals surface area (Å²) in [6, 6.07) is 10.2. The number of likely N-dealkylation sites (tertiary alicyclic amines) is 1. The van der Waals surface area contributed by atoms with E-state index in [1.807, 2.05) is 18.2 Å². The molecule has 1 aromatic carbocycles. The average molecular weight is 413 g/mol. The fourth-order valence-electron chi connectivity index (χ4n) is 5.08. The molecule has 30 heavy (non-hydrogen) atoms. The molecule has 0 radical (unpaired) electrons. The topological polar surface area (TPSA) is 81.8 Å². The molecule has 7 heteroatoms. The van der Waals surface area contributed by atoms with E-state index >= 15 is 0 Å². The molecule has 4 rings (SSSR count). The van der Waals surface area contributed by atoms with Crippen LogP contribution in [-0.2, 0) is 9.59 Å². The van der Waals surface area contributed by atoms with Crippen molar-refractivity contribution in [2.24, 2.45) is 0 Å². The number of carbonyl (C=O) groups excluding carboxylic acids is 3. The van der Waals surface area contributed by atoms with Gasteiger partial charge in [-0.3, -0.25) is 19.4 Å². The first-order valence-electron chi connectivity index (χ1n) is 11.3. The molecule has 2 aliphatic heterocycles. The highest BCUT2D eigenvalue weighted by Crippen LogP contribution is 2.35. The molecule has 2 N–H and O–H groups in total. The lowest BCUT2D eigenvalue weighted by Crippen LogP contribution is -2.44. The van der Waals surface area contributed by atoms with Gasteiger partial charge in [0.2, 0.25) is 5.91 Å². The summed E-state index contributed by atoms with van der Waals surface area (Å²) in [6.45, 7) is 3.00. The Kier molecular flexibility index (Phi) is 6.37. The molecule has 7 nitrogen and oxygen atoms in total. The molecular weight excluding hydrogens is 380 g/mol. The summed E-state index contributed by atoms with van der Waals surface area (Å²) in [4.78, 5) is 41.1. The van der Waals surface area contributed by atoms with Crippen molar-refractivity contribution >= 4 is 17.8 Å². The van der Waals surface area contributed by atoms with Crippen molar-refractivity contribution in [2.75, 3.05) is 26.2 Å². The number of nitrogens with one attached hydrogen (secondary N) is 2. The van der Waals surface area contributed by atoms with Crippen molar-refractivity contribution in [1.29, 1.82) is 0 Å². The summed E-state index contributed by atoms with van der Waals surface area (Å²) in [7, 11) is 0. The first kappa shape index (κ1) is 20.8. The molecule has 1 saturated carbocycles. The maximum Gasteiger partial charge on any atom is 0.325 e. The van der Waals surface area contributed by atoms with Crippen LogP contribution in [0, 0.1) is 0 Å². The van der Waals surface area contributed by atoms with Gasteiger partial charge < -0.3 is 10.6 Å². The smallest absolute Gasteiger partial charge is 0.325 e. The van der Waals surface area contributed by atoms with Crippen LogP contribution in [0.25, 0.3) is 0 Å². The minimum Gasteiger partial charge on any atom is -0.354 e. The molecule has 1 aromatic rings. The van der Waals surface area contributed by atoms with E-state index in [1.54, 1.807) is 0 Å². The Hall–Kier alpha value is -2.41. The summed E-state index contributed by atoms with van der Waals surface area (Å²) >= 11 is 0. The van der Waals surface area contributed by atoms with Crippen molar-refractivity contribution in [3.8, 4) is 0 Å². The minimum absolute atomic E-state index is 0.0299. The maximum absolute atomic E-state index is 12.7. The second-order valence-electron chi connectivity index (χ2n) is 8.75. The van der Waals surface area contributed by atoms with Crippen LogP contribution in [0.5, 0.6) is 0 Å². The fourth-order valence-corrected chi connectivity index (χ4v) is 5.08. The van der Waals surface area contributed by atoms with E-state index in [4.69, 9.17) is 0 Å². The van der Waals surface area contributed by atoms with Crippen molar-refractivity contribution in [3.05, 3.63) is 35.9 Å². The lowest BCUT2D eigenvalue weighted by atomic mass is 9.98. The van der Waals surface area contributed by atoms with Gasteiger partial charge in [-0.15, -0.1) is 0 Å². The Morgan fingerprint density at radius 3 is 2.47 bits per heavy atom. The molecular formula is C23H32N4O3. The predicted molar refractivity (Wildman–Crippen MR) is 114 cm³/mol. The number of carbonyl (C=O) groups is 3. The van der Waals surface area contributed by atoms with Gasteiger partial charge in [-0.1, -0.05) is 43.2 Å². The Bertz CT molecular complexity index is 770. The Morgan fingerprint density at radius 2 is 1.77 bits per heavy atom. The molecule has 2 heterocycles. The largest absolute Gasteiger partial charge is 0.354 e. The summed E-state index contributed by atoms with van der Waals surface area (Å²) in [6.07, 6.45) is 6.60. The van der Waals surface area contributed by atoms with E-state index in [1.165, 1.54) is 23.3 Å². The molecule has 3 aliphatic rings. The fraction of sp³-hybridized carbons (Fsp3) is 0.609. The summed E-state index contributed by atoms with van der Waals surface area (Å²) in [5, 5.41) is 5.96. The number of hydrogen-bond donors (Lipinski definition) is 2. The molecule has 162 valence electrons. The third-order valence-electron chi connectivity index (χ3n) is 6.75. The van der Waals surface area contributed by atoms with Gasteiger partial charge >= 0.3 is 6.03 Å². The Morgan fingerprint density at radius 1 is 1.07 bits per heavy atom. The number of rotatable bonds is 8. The highest BCUT2D eigenvalue weighted by molar-refractivity contribution is 6.07. The van der Waals surface area contributed by atoms with Crippen LogP contribution in [0.1, 0.15) is 63.0 Å². The van der Waals surface area contributed by atoms with Crippen LogP contribution < -0.4 is 10.6 Å². The first-order valence-corrected chi connectivity index (χ1v) is 11.3. The zero-order chi connectivity index (χ0) is 21.0. The van der Waals surface area contributed by atoms with Gasteiger partial charge in [-0.25, -0.2) is 4.79 Å². The zero-order valence-electron chi connectivity index (χ0n) is 17.6. The van der Waals surface area contributed by atoms with Crippen molar-refractivity contribution in [3.63, 3.8) is 0 Å². The van der Waals surface area contributed by atoms with Gasteiger partial charge in [0.15, 0.2) is 0 Å². The molecule has 0 unspecified atom stereocenters. The summed E-state index contributed by atoms with van der Waals surface area (Å²) < 4.78 is 0. The van der Waals surface area contributed by atoms with Crippen molar-refractivity contribution in [1.82, 2.24) is 20.4 Å². The van der Waals surface area contributed by atoms with E-state index < -0.39 is 5.54 Å². The first-order chi connectivity index (χ1) is 14.6. The second kappa shape index (κ2) is 9.16. The number of nitrogens with zero attached hydrogens (tertiary/aromatic N) is 2. The van der Waals surface area contributed by atoms with Gasteiger partial charge in [0.1, 0.15) is 5.54 Å². The van der Waals surface area contributed by atoms with E-state index in [-0.39, 0.29) is 23.9 Å². The van der Waals surface area contributed by atoms with E-state index in [2.05, 4.69) is 27.7 Å². The highest BCUT2D eigenvalue weighted by atomic mass is 16.2. The number of imide groups is 1. The predicted octanol–water partition coefficient (Wildman–Crippen LogP) is 2.58. The van der Waals surface area contributed by atoms with E-state index in [9.17, 15) is 14.4 Å². The zero-order valence-corrected chi connectivity index (χ0v) is 17.6. The molecule has 4 amide bonds. The quantitative estimate of drug-likeness (QED) is 0.643. The monoisotopic (exact) mass is 412 g/mol. The number of amides is 4. The van der Waals surface area contributed by atoms with Gasteiger partial charge in [-0.2, -0.15) is 0 Å². The summed E-state index contributed by atoms with van der Waals surface area (Å²) in [5.41, 5.74) is 0.554. The van der Waals surface area contributed by atoms with Gasteiger partial charge in [0, 0.05) is 19.5 Å². The third-order valence-corrected chi connectivity index (χ3v) is 6.75. The number of urea groups is 1. The molecule has 2 saturated heterocycles. The highest BCUT2D eigenvalue weighted by Gasteiger charge is 2.52. The SMILES string of the molecule is O=C(CCCN1C(=O)NC2(CCCC2)C1=O)NC[C@H](c1ccccc1)N1CCCC1. The Balaban J connectivity index is 1.25. The molecule has 0 aromatic heterocycles. The van der Waals surface area contributed by atoms with Crippen molar-refractivity contribution < 1.29 is 14.4 Å². The van der Waals surface area contributed by atoms with E-state index in [0.717, 1.165) is 38.8 Å². The van der Waals surface area contributed by atoms with Crippen molar-refractivity contribution in [2.45, 2.75) is 62.9 Å². The van der Waals surface area contributed by atoms with Gasteiger partial charge in [0.05, 0.1) is 6.04 Å². The van der Waals surface area contributed by atoms with Crippen LogP contribution in [0.4, 0.5) is 4.79 Å². The van der Waals surface area contributed by atoms with Gasteiger partial charge in [0.25, 0.3) is 5.91 Å². The van der Waals surface area contributed by atoms with E-state index in [0.29, 0.717) is 25.9 Å². The number of benzene rings is 1. The van der Waals surface area contributed by atoms with Gasteiger partial charge in [-0.05, 0) is 50.8 Å². The van der Waals surface area contributed by atoms with Crippen LogP contribution in [0.2, 0.25) is 0 Å². The third kappa shape index (κ3) is 4.36. The van der Waals surface area contributed by atoms with Crippen LogP contribution >= 0.6 is 0 Å². The second-order valence-corrected chi connectivity index (χ2v) is 8.75. The molecule has 1 aliphatic carbocycles. The van der Waals surface area contributed by atoms with Crippen LogP contribution in [0.15, 0.2) is 30.3 Å². The maximum atomic E-state index is 12.7. The molecule has 0 bridgehead atoms.